The summed E-state index contributed by atoms with van der Waals surface area (Å²) >= 11 is 0. The number of hydrogen-bond donors (Lipinski definition) is 1. The van der Waals surface area contributed by atoms with Crippen LogP contribution in [0.3, 0.4) is 0 Å². The molecule has 0 spiro atoms. The quantitative estimate of drug-likeness (QED) is 0.620. The molecule has 1 N–H and O–H groups in total. The van der Waals surface area contributed by atoms with E-state index >= 15 is 0 Å². The lowest BCUT2D eigenvalue weighted by Gasteiger charge is -2.20. The number of ether oxygens (including phenoxy) is 1. The van der Waals surface area contributed by atoms with Gasteiger partial charge in [0, 0.05) is 24.1 Å². The summed E-state index contributed by atoms with van der Waals surface area (Å²) in [5, 5.41) is 14.3. The van der Waals surface area contributed by atoms with Gasteiger partial charge >= 0.3 is 0 Å². The van der Waals surface area contributed by atoms with Crippen molar-refractivity contribution in [2.75, 3.05) is 13.7 Å². The molecule has 100 valence electrons. The average molecular weight is 253 g/mol. The van der Waals surface area contributed by atoms with E-state index < -0.39 is 4.92 Å². The molecule has 0 fully saturated rings. The highest BCUT2D eigenvalue weighted by atomic mass is 16.6. The molecule has 0 bridgehead atoms. The average Bonchev–Trinajstić information content (AvgIpc) is 2.37. The molecule has 0 aliphatic carbocycles. The lowest BCUT2D eigenvalue weighted by molar-refractivity contribution is -0.386. The van der Waals surface area contributed by atoms with E-state index in [0.717, 1.165) is 6.54 Å². The van der Waals surface area contributed by atoms with E-state index in [-0.39, 0.29) is 17.6 Å². The topological polar surface area (TPSA) is 77.3 Å². The van der Waals surface area contributed by atoms with Crippen LogP contribution in [0.1, 0.15) is 32.4 Å². The minimum atomic E-state index is -0.406. The van der Waals surface area contributed by atoms with E-state index in [1.54, 1.807) is 0 Å². The van der Waals surface area contributed by atoms with Gasteiger partial charge in [-0.1, -0.05) is 13.8 Å². The predicted octanol–water partition coefficient (Wildman–Crippen LogP) is 2.10. The largest absolute Gasteiger partial charge is 0.481 e. The molecule has 0 aliphatic heterocycles. The molecule has 1 aromatic rings. The zero-order valence-corrected chi connectivity index (χ0v) is 11.1. The van der Waals surface area contributed by atoms with Gasteiger partial charge in [-0.15, -0.1) is 0 Å². The first-order valence-corrected chi connectivity index (χ1v) is 5.94. The maximum atomic E-state index is 11.0. The molecule has 6 nitrogen and oxygen atoms in total. The highest BCUT2D eigenvalue weighted by Gasteiger charge is 2.25. The van der Waals surface area contributed by atoms with Gasteiger partial charge in [0.05, 0.1) is 12.0 Å². The SMILES string of the molecule is CCNC(C)C(C)c1nc(OC)ccc1[N+](=O)[O-]. The molecule has 1 aromatic heterocycles. The standard InChI is InChI=1S/C12H19N3O3/c1-5-13-9(3)8(2)12-10(15(16)17)6-7-11(14-12)18-4/h6-9,13H,5H2,1-4H3. The van der Waals surface area contributed by atoms with Crippen LogP contribution in [-0.4, -0.2) is 29.6 Å². The van der Waals surface area contributed by atoms with Gasteiger partial charge in [-0.05, 0) is 13.5 Å². The lowest BCUT2D eigenvalue weighted by atomic mass is 9.97. The smallest absolute Gasteiger partial charge is 0.291 e. The molecular weight excluding hydrogens is 234 g/mol. The zero-order chi connectivity index (χ0) is 13.7. The first-order chi connectivity index (χ1) is 8.51. The Kier molecular flexibility index (Phi) is 5.03. The second-order valence-corrected chi connectivity index (χ2v) is 4.15. The van der Waals surface area contributed by atoms with Crippen LogP contribution in [0.5, 0.6) is 5.88 Å². The predicted molar refractivity (Wildman–Crippen MR) is 69.0 cm³/mol. The van der Waals surface area contributed by atoms with Crippen molar-refractivity contribution >= 4 is 5.69 Å². The van der Waals surface area contributed by atoms with Gasteiger partial charge in [0.2, 0.25) is 5.88 Å². The molecule has 18 heavy (non-hydrogen) atoms. The summed E-state index contributed by atoms with van der Waals surface area (Å²) in [6.45, 7) is 6.71. The molecule has 2 unspecified atom stereocenters. The van der Waals surface area contributed by atoms with Crippen LogP contribution in [-0.2, 0) is 0 Å². The van der Waals surface area contributed by atoms with E-state index in [4.69, 9.17) is 4.74 Å². The molecule has 0 aromatic carbocycles. The summed E-state index contributed by atoms with van der Waals surface area (Å²) in [7, 11) is 1.50. The van der Waals surface area contributed by atoms with Gasteiger partial charge in [0.15, 0.2) is 0 Å². The van der Waals surface area contributed by atoms with Crippen LogP contribution < -0.4 is 10.1 Å². The van der Waals surface area contributed by atoms with E-state index in [0.29, 0.717) is 11.6 Å². The third-order valence-corrected chi connectivity index (χ3v) is 2.99. The Morgan fingerprint density at radius 1 is 1.50 bits per heavy atom. The monoisotopic (exact) mass is 253 g/mol. The fourth-order valence-electron chi connectivity index (χ4n) is 1.79. The van der Waals surface area contributed by atoms with E-state index in [9.17, 15) is 10.1 Å². The third kappa shape index (κ3) is 3.16. The summed E-state index contributed by atoms with van der Waals surface area (Å²) in [6, 6.07) is 3.05. The van der Waals surface area contributed by atoms with Crippen molar-refractivity contribution in [3.05, 3.63) is 27.9 Å². The Morgan fingerprint density at radius 3 is 2.67 bits per heavy atom. The number of rotatable bonds is 6. The summed E-state index contributed by atoms with van der Waals surface area (Å²) in [6.07, 6.45) is 0. The van der Waals surface area contributed by atoms with Crippen molar-refractivity contribution in [3.63, 3.8) is 0 Å². The van der Waals surface area contributed by atoms with Crippen molar-refractivity contribution in [3.8, 4) is 5.88 Å². The Hall–Kier alpha value is -1.69. The fourth-order valence-corrected chi connectivity index (χ4v) is 1.79. The minimum Gasteiger partial charge on any atom is -0.481 e. The highest BCUT2D eigenvalue weighted by molar-refractivity contribution is 5.40. The number of nitrogens with zero attached hydrogens (tertiary/aromatic N) is 2. The van der Waals surface area contributed by atoms with Gasteiger partial charge in [0.25, 0.3) is 5.69 Å². The normalized spacial score (nSPS) is 14.0. The summed E-state index contributed by atoms with van der Waals surface area (Å²) in [4.78, 5) is 14.8. The van der Waals surface area contributed by atoms with E-state index in [2.05, 4.69) is 10.3 Å². The minimum absolute atomic E-state index is 0.0352. The number of aromatic nitrogens is 1. The van der Waals surface area contributed by atoms with Crippen LogP contribution in [0.4, 0.5) is 5.69 Å². The molecular formula is C12H19N3O3. The van der Waals surface area contributed by atoms with Crippen molar-refractivity contribution in [1.29, 1.82) is 0 Å². The number of nitro groups is 1. The van der Waals surface area contributed by atoms with Gasteiger partial charge in [-0.2, -0.15) is 0 Å². The first-order valence-electron chi connectivity index (χ1n) is 5.94. The van der Waals surface area contributed by atoms with Gasteiger partial charge in [0.1, 0.15) is 5.69 Å². The van der Waals surface area contributed by atoms with Gasteiger partial charge in [-0.25, -0.2) is 4.98 Å². The number of pyridine rings is 1. The maximum absolute atomic E-state index is 11.0. The van der Waals surface area contributed by atoms with Gasteiger partial charge in [-0.3, -0.25) is 10.1 Å². The second kappa shape index (κ2) is 6.30. The molecule has 0 amide bonds. The van der Waals surface area contributed by atoms with Gasteiger partial charge < -0.3 is 10.1 Å². The number of likely N-dealkylation sites (N-methyl/N-ethyl adjacent to an activating group) is 1. The fraction of sp³-hybridized carbons (Fsp3) is 0.583. The van der Waals surface area contributed by atoms with Crippen LogP contribution in [0.15, 0.2) is 12.1 Å². The lowest BCUT2D eigenvalue weighted by Crippen LogP contribution is -2.31. The number of methoxy groups -OCH3 is 1. The summed E-state index contributed by atoms with van der Waals surface area (Å²) < 4.78 is 5.03. The van der Waals surface area contributed by atoms with Crippen molar-refractivity contribution < 1.29 is 9.66 Å². The summed E-state index contributed by atoms with van der Waals surface area (Å²) in [5.74, 6) is 0.326. The second-order valence-electron chi connectivity index (χ2n) is 4.15. The molecule has 1 heterocycles. The van der Waals surface area contributed by atoms with Crippen LogP contribution in [0.2, 0.25) is 0 Å². The van der Waals surface area contributed by atoms with Crippen molar-refractivity contribution in [2.45, 2.75) is 32.7 Å². The highest BCUT2D eigenvalue weighted by Crippen LogP contribution is 2.28. The number of nitrogens with one attached hydrogen (secondary N) is 1. The Balaban J connectivity index is 3.14. The Bertz CT molecular complexity index is 423. The maximum Gasteiger partial charge on any atom is 0.291 e. The summed E-state index contributed by atoms with van der Waals surface area (Å²) in [5.41, 5.74) is 0.487. The van der Waals surface area contributed by atoms with Crippen molar-refractivity contribution in [2.24, 2.45) is 0 Å². The van der Waals surface area contributed by atoms with Crippen LogP contribution in [0.25, 0.3) is 0 Å². The van der Waals surface area contributed by atoms with E-state index in [1.807, 2.05) is 20.8 Å². The Labute approximate surface area is 107 Å². The number of hydrogen-bond acceptors (Lipinski definition) is 5. The Morgan fingerprint density at radius 2 is 2.17 bits per heavy atom. The molecule has 0 aliphatic rings. The zero-order valence-electron chi connectivity index (χ0n) is 11.1. The van der Waals surface area contributed by atoms with Crippen molar-refractivity contribution in [1.82, 2.24) is 10.3 Å². The molecule has 1 rings (SSSR count). The molecule has 0 saturated heterocycles. The van der Waals surface area contributed by atoms with Crippen LogP contribution >= 0.6 is 0 Å². The first kappa shape index (κ1) is 14.4. The van der Waals surface area contributed by atoms with Crippen LogP contribution in [0, 0.1) is 10.1 Å². The molecule has 6 heteroatoms. The molecule has 0 radical (unpaired) electrons. The van der Waals surface area contributed by atoms with E-state index in [1.165, 1.54) is 19.2 Å². The third-order valence-electron chi connectivity index (χ3n) is 2.99. The molecule has 2 atom stereocenters. The molecule has 0 saturated carbocycles.